The van der Waals surface area contributed by atoms with Crippen molar-refractivity contribution in [1.82, 2.24) is 24.3 Å². The van der Waals surface area contributed by atoms with Crippen LogP contribution >= 0.6 is 0 Å². The second kappa shape index (κ2) is 13.1. The third-order valence-electron chi connectivity index (χ3n) is 7.90. The van der Waals surface area contributed by atoms with Gasteiger partial charge in [0.2, 0.25) is 5.91 Å². The molecule has 0 radical (unpaired) electrons. The van der Waals surface area contributed by atoms with E-state index in [1.165, 1.54) is 29.9 Å². The fourth-order valence-electron chi connectivity index (χ4n) is 5.58. The molecule has 42 heavy (non-hydrogen) atoms. The molecule has 2 aromatic heterocycles. The molecule has 0 aliphatic carbocycles. The van der Waals surface area contributed by atoms with E-state index in [0.717, 1.165) is 42.1 Å². The third kappa shape index (κ3) is 5.84. The van der Waals surface area contributed by atoms with Crippen molar-refractivity contribution in [2.75, 3.05) is 56.1 Å². The van der Waals surface area contributed by atoms with E-state index >= 15 is 4.39 Å². The van der Waals surface area contributed by atoms with E-state index in [1.807, 2.05) is 13.8 Å². The van der Waals surface area contributed by atoms with Gasteiger partial charge >= 0.3 is 11.5 Å². The Labute approximate surface area is 242 Å². The van der Waals surface area contributed by atoms with Crippen molar-refractivity contribution >= 4 is 40.4 Å². The number of nitrogens with one attached hydrogen (secondary N) is 1. The number of piperazine rings is 1. The Balaban J connectivity index is 0.00000198. The van der Waals surface area contributed by atoms with E-state index in [4.69, 9.17) is 0 Å². The van der Waals surface area contributed by atoms with E-state index in [2.05, 4.69) is 25.0 Å². The number of carbonyl (C=O) groups excluding carboxylic acids is 2. The number of fused-ring (bicyclic) bond motifs is 1. The maximum Gasteiger partial charge on any atom is 0.363 e. The molecular weight excluding hydrogens is 547 g/mol. The molecule has 5 rings (SSSR count). The predicted octanol–water partition coefficient (Wildman–Crippen LogP) is 2.09. The highest BCUT2D eigenvalue weighted by molar-refractivity contribution is 5.91. The quantitative estimate of drug-likeness (QED) is 0.228. The number of anilines is 2. The molecule has 4 heterocycles. The molecule has 1 atom stereocenters. The van der Waals surface area contributed by atoms with E-state index in [9.17, 15) is 24.5 Å². The van der Waals surface area contributed by atoms with E-state index in [1.54, 1.807) is 19.2 Å². The van der Waals surface area contributed by atoms with Crippen molar-refractivity contribution in [3.63, 3.8) is 0 Å². The van der Waals surface area contributed by atoms with E-state index in [0.29, 0.717) is 30.9 Å². The molecule has 0 bridgehead atoms. The molecular formula is C28H37FN8O5. The summed E-state index contributed by atoms with van der Waals surface area (Å²) in [7, 11) is 3.06. The lowest BCUT2D eigenvalue weighted by atomic mass is 10.0. The molecule has 0 saturated carbocycles. The predicted molar refractivity (Wildman–Crippen MR) is 158 cm³/mol. The van der Waals surface area contributed by atoms with Gasteiger partial charge < -0.3 is 30.0 Å². The van der Waals surface area contributed by atoms with Gasteiger partial charge in [-0.25, -0.2) is 9.18 Å². The van der Waals surface area contributed by atoms with Crippen LogP contribution in [0.25, 0.3) is 11.0 Å². The summed E-state index contributed by atoms with van der Waals surface area (Å²) < 4.78 is 17.7. The molecule has 0 spiro atoms. The number of aromatic nitrogens is 3. The Hall–Kier alpha value is -4.33. The van der Waals surface area contributed by atoms with Gasteiger partial charge in [0.1, 0.15) is 17.6 Å². The SMILES string of the molecule is CC.CNC(=O)CCC(C=O)n1c(=O)n(C)c2c(N3CCN(C4CN(c5ccc([N+](=O)[O-])nc5)C4)CC3)ccc(F)c21. The molecule has 3 aromatic rings. The number of nitro groups is 1. The molecule has 2 aliphatic rings. The van der Waals surface area contributed by atoms with Crippen molar-refractivity contribution in [3.05, 3.63) is 56.9 Å². The molecule has 2 fully saturated rings. The Morgan fingerprint density at radius 3 is 2.40 bits per heavy atom. The van der Waals surface area contributed by atoms with Gasteiger partial charge in [-0.05, 0) is 34.5 Å². The molecule has 1 N–H and O–H groups in total. The monoisotopic (exact) mass is 584 g/mol. The van der Waals surface area contributed by atoms with Crippen LogP contribution in [-0.4, -0.2) is 88.5 Å². The third-order valence-corrected chi connectivity index (χ3v) is 7.90. The van der Waals surface area contributed by atoms with Gasteiger partial charge in [0.25, 0.3) is 0 Å². The summed E-state index contributed by atoms with van der Waals surface area (Å²) in [6.45, 7) is 8.47. The number of benzene rings is 1. The minimum atomic E-state index is -0.970. The Kier molecular flexibility index (Phi) is 9.55. The van der Waals surface area contributed by atoms with Gasteiger partial charge in [-0.15, -0.1) is 0 Å². The van der Waals surface area contributed by atoms with Gasteiger partial charge in [0.05, 0.1) is 22.9 Å². The van der Waals surface area contributed by atoms with Gasteiger partial charge in [0.15, 0.2) is 6.20 Å². The van der Waals surface area contributed by atoms with Crippen molar-refractivity contribution in [1.29, 1.82) is 0 Å². The number of aldehydes is 1. The second-order valence-electron chi connectivity index (χ2n) is 10.1. The summed E-state index contributed by atoms with van der Waals surface area (Å²) >= 11 is 0. The average molecular weight is 585 g/mol. The molecule has 1 aromatic carbocycles. The van der Waals surface area contributed by atoms with Crippen molar-refractivity contribution in [2.45, 2.75) is 38.8 Å². The van der Waals surface area contributed by atoms with Crippen LogP contribution < -0.4 is 20.8 Å². The van der Waals surface area contributed by atoms with E-state index in [-0.39, 0.29) is 30.1 Å². The number of amides is 1. The maximum atomic E-state index is 15.2. The fraction of sp³-hybridized carbons (Fsp3) is 0.500. The van der Waals surface area contributed by atoms with Crippen molar-refractivity contribution in [2.24, 2.45) is 7.05 Å². The van der Waals surface area contributed by atoms with Crippen LogP contribution in [0.4, 0.5) is 21.6 Å². The van der Waals surface area contributed by atoms with Crippen LogP contribution in [0.5, 0.6) is 0 Å². The van der Waals surface area contributed by atoms with Crippen molar-refractivity contribution < 1.29 is 18.9 Å². The maximum absolute atomic E-state index is 15.2. The van der Waals surface area contributed by atoms with Crippen LogP contribution in [-0.2, 0) is 16.6 Å². The number of nitrogens with zero attached hydrogens (tertiary/aromatic N) is 7. The number of imidazole rings is 1. The average Bonchev–Trinajstić information content (AvgIpc) is 3.25. The zero-order valence-corrected chi connectivity index (χ0v) is 24.3. The topological polar surface area (TPSA) is 139 Å². The number of hydrogen-bond donors (Lipinski definition) is 1. The summed E-state index contributed by atoms with van der Waals surface area (Å²) in [5.41, 5.74) is 1.55. The molecule has 2 saturated heterocycles. The Morgan fingerprint density at radius 2 is 1.83 bits per heavy atom. The molecule has 1 amide bonds. The van der Waals surface area contributed by atoms with Crippen LogP contribution in [0, 0.1) is 15.9 Å². The summed E-state index contributed by atoms with van der Waals surface area (Å²) in [5.74, 6) is -1.04. The highest BCUT2D eigenvalue weighted by Crippen LogP contribution is 2.32. The number of pyridine rings is 1. The highest BCUT2D eigenvalue weighted by Gasteiger charge is 2.35. The normalized spacial score (nSPS) is 16.4. The lowest BCUT2D eigenvalue weighted by Crippen LogP contribution is -2.63. The summed E-state index contributed by atoms with van der Waals surface area (Å²) in [4.78, 5) is 57.7. The zero-order valence-electron chi connectivity index (χ0n) is 24.3. The first kappa shape index (κ1) is 30.6. The summed E-state index contributed by atoms with van der Waals surface area (Å²) in [5, 5.41) is 13.3. The molecule has 2 aliphatic heterocycles. The van der Waals surface area contributed by atoms with Crippen LogP contribution in [0.1, 0.15) is 32.7 Å². The number of halogens is 1. The summed E-state index contributed by atoms with van der Waals surface area (Å²) in [6, 6.07) is 5.48. The van der Waals surface area contributed by atoms with Crippen molar-refractivity contribution in [3.8, 4) is 0 Å². The molecule has 1 unspecified atom stereocenters. The smallest absolute Gasteiger partial charge is 0.363 e. The number of carbonyl (C=O) groups is 2. The first-order valence-corrected chi connectivity index (χ1v) is 14.1. The van der Waals surface area contributed by atoms with Crippen LogP contribution in [0.2, 0.25) is 0 Å². The van der Waals surface area contributed by atoms with Gasteiger partial charge in [-0.1, -0.05) is 13.8 Å². The molecule has 14 heteroatoms. The second-order valence-corrected chi connectivity index (χ2v) is 10.1. The molecule has 13 nitrogen and oxygen atoms in total. The minimum absolute atomic E-state index is 0.0330. The number of hydrogen-bond acceptors (Lipinski definition) is 9. The Bertz CT molecular complexity index is 1490. The van der Waals surface area contributed by atoms with Gasteiger partial charge in [-0.2, -0.15) is 0 Å². The number of aryl methyl sites for hydroxylation is 1. The largest absolute Gasteiger partial charge is 0.367 e. The Morgan fingerprint density at radius 1 is 1.14 bits per heavy atom. The summed E-state index contributed by atoms with van der Waals surface area (Å²) in [6.07, 6.45) is 2.23. The minimum Gasteiger partial charge on any atom is -0.367 e. The van der Waals surface area contributed by atoms with Gasteiger partial charge in [0, 0.05) is 71.9 Å². The highest BCUT2D eigenvalue weighted by atomic mass is 19.1. The first-order chi connectivity index (χ1) is 20.2. The molecule has 226 valence electrons. The number of rotatable bonds is 9. The van der Waals surface area contributed by atoms with Crippen LogP contribution in [0.15, 0.2) is 35.3 Å². The van der Waals surface area contributed by atoms with Crippen LogP contribution in [0.3, 0.4) is 0 Å². The zero-order chi connectivity index (χ0) is 30.6. The lowest BCUT2D eigenvalue weighted by molar-refractivity contribution is -0.389. The fourth-order valence-corrected chi connectivity index (χ4v) is 5.58. The standard InChI is InChI=1S/C26H31FN8O5.C2H6/c1-28-23(37)8-4-18(16-36)34-24-20(27)5-6-21(25(24)30(2)26(34)38)32-11-9-31(10-12-32)19-14-33(15-19)17-3-7-22(29-13-17)35(39)40;1-2/h3,5-7,13,16,18-19H,4,8-12,14-15H2,1-2H3,(H,28,37);1-2H3. The van der Waals surface area contributed by atoms with Gasteiger partial charge in [-0.3, -0.25) is 18.8 Å². The first-order valence-electron chi connectivity index (χ1n) is 14.1. The van der Waals surface area contributed by atoms with E-state index < -0.39 is 22.5 Å². The lowest BCUT2D eigenvalue weighted by Gasteiger charge is -2.49.